The second-order valence-corrected chi connectivity index (χ2v) is 8.55. The van der Waals surface area contributed by atoms with Crippen LogP contribution in [0.2, 0.25) is 5.02 Å². The number of piperazine rings is 1. The SMILES string of the molecule is O=C(CN1CCN(c2cnn(-c3ccc(C(F)(F)F)cn3)c(=O)c2Cl)CC1)N1CCCCC1. The van der Waals surface area contributed by atoms with Gasteiger partial charge in [0.25, 0.3) is 5.56 Å². The summed E-state index contributed by atoms with van der Waals surface area (Å²) in [5, 5.41) is 3.99. The molecule has 0 spiro atoms. The maximum Gasteiger partial charge on any atom is 0.417 e. The fourth-order valence-corrected chi connectivity index (χ4v) is 4.32. The summed E-state index contributed by atoms with van der Waals surface area (Å²) in [7, 11) is 0. The van der Waals surface area contributed by atoms with Gasteiger partial charge in [-0.15, -0.1) is 0 Å². The van der Waals surface area contributed by atoms with Crippen LogP contribution in [-0.2, 0) is 11.0 Å². The number of anilines is 1. The topological polar surface area (TPSA) is 74.6 Å². The minimum atomic E-state index is -4.52. The van der Waals surface area contributed by atoms with Crippen LogP contribution in [0.1, 0.15) is 24.8 Å². The van der Waals surface area contributed by atoms with Crippen LogP contribution < -0.4 is 10.5 Å². The van der Waals surface area contributed by atoms with Gasteiger partial charge in [0.1, 0.15) is 5.02 Å². The van der Waals surface area contributed by atoms with Crippen molar-refractivity contribution in [2.45, 2.75) is 25.4 Å². The zero-order valence-corrected chi connectivity index (χ0v) is 18.6. The van der Waals surface area contributed by atoms with Crippen LogP contribution in [0.15, 0.2) is 29.3 Å². The van der Waals surface area contributed by atoms with Gasteiger partial charge in [0.2, 0.25) is 5.91 Å². The molecule has 2 aromatic heterocycles. The van der Waals surface area contributed by atoms with Gasteiger partial charge in [-0.2, -0.15) is 23.0 Å². The standard InChI is InChI=1S/C21H24ClF3N6O2/c22-19-16(13-27-31(20(19)33)17-5-4-15(12-26-17)21(23,24)25)29-10-8-28(9-11-29)14-18(32)30-6-2-1-3-7-30/h4-5,12-13H,1-3,6-11,14H2. The van der Waals surface area contributed by atoms with E-state index in [9.17, 15) is 22.8 Å². The van der Waals surface area contributed by atoms with Gasteiger partial charge in [0.05, 0.1) is 24.0 Å². The van der Waals surface area contributed by atoms with Gasteiger partial charge < -0.3 is 9.80 Å². The zero-order chi connectivity index (χ0) is 23.6. The van der Waals surface area contributed by atoms with E-state index in [2.05, 4.69) is 15.0 Å². The van der Waals surface area contributed by atoms with Crippen molar-refractivity contribution in [2.75, 3.05) is 50.7 Å². The Balaban J connectivity index is 1.41. The fourth-order valence-electron chi connectivity index (χ4n) is 4.07. The molecule has 2 aliphatic rings. The lowest BCUT2D eigenvalue weighted by atomic mass is 10.1. The summed E-state index contributed by atoms with van der Waals surface area (Å²) in [4.78, 5) is 34.8. The molecule has 4 rings (SSSR count). The third-order valence-corrected chi connectivity index (χ3v) is 6.33. The predicted octanol–water partition coefficient (Wildman–Crippen LogP) is 2.43. The Morgan fingerprint density at radius 3 is 2.30 bits per heavy atom. The minimum Gasteiger partial charge on any atom is -0.366 e. The minimum absolute atomic E-state index is 0.0532. The van der Waals surface area contributed by atoms with E-state index in [-0.39, 0.29) is 16.7 Å². The highest BCUT2D eigenvalue weighted by molar-refractivity contribution is 6.33. The highest BCUT2D eigenvalue weighted by atomic mass is 35.5. The number of alkyl halides is 3. The van der Waals surface area contributed by atoms with Gasteiger partial charge >= 0.3 is 6.18 Å². The summed E-state index contributed by atoms with van der Waals surface area (Å²) < 4.78 is 39.1. The molecule has 0 N–H and O–H groups in total. The summed E-state index contributed by atoms with van der Waals surface area (Å²) in [6.07, 6.45) is 0.821. The van der Waals surface area contributed by atoms with Gasteiger partial charge in [-0.3, -0.25) is 14.5 Å². The molecule has 0 saturated carbocycles. The highest BCUT2D eigenvalue weighted by Gasteiger charge is 2.31. The van der Waals surface area contributed by atoms with Crippen molar-refractivity contribution in [3.05, 3.63) is 45.5 Å². The molecule has 1 amide bonds. The van der Waals surface area contributed by atoms with Crippen LogP contribution >= 0.6 is 11.6 Å². The molecule has 0 atom stereocenters. The molecule has 2 aliphatic heterocycles. The van der Waals surface area contributed by atoms with Gasteiger partial charge in [0, 0.05) is 45.5 Å². The monoisotopic (exact) mass is 484 g/mol. The summed E-state index contributed by atoms with van der Waals surface area (Å²) in [5.41, 5.74) is -1.13. The molecule has 12 heteroatoms. The molecule has 0 aromatic carbocycles. The number of pyridine rings is 1. The first-order chi connectivity index (χ1) is 15.7. The van der Waals surface area contributed by atoms with Crippen molar-refractivity contribution >= 4 is 23.2 Å². The molecule has 0 aliphatic carbocycles. The van der Waals surface area contributed by atoms with Crippen LogP contribution in [0.3, 0.4) is 0 Å². The number of hydrogen-bond acceptors (Lipinski definition) is 6. The van der Waals surface area contributed by atoms with Crippen LogP contribution in [-0.4, -0.2) is 76.3 Å². The molecule has 4 heterocycles. The Morgan fingerprint density at radius 2 is 1.70 bits per heavy atom. The second-order valence-electron chi connectivity index (χ2n) is 8.17. The Kier molecular flexibility index (Phi) is 6.89. The third kappa shape index (κ3) is 5.30. The van der Waals surface area contributed by atoms with Crippen molar-refractivity contribution in [1.29, 1.82) is 0 Å². The summed E-state index contributed by atoms with van der Waals surface area (Å²) in [6, 6.07) is 1.91. The van der Waals surface area contributed by atoms with Crippen molar-refractivity contribution in [2.24, 2.45) is 0 Å². The average Bonchev–Trinajstić information content (AvgIpc) is 2.81. The van der Waals surface area contributed by atoms with Crippen LogP contribution in [0, 0.1) is 0 Å². The molecule has 178 valence electrons. The lowest BCUT2D eigenvalue weighted by Crippen LogP contribution is -2.51. The largest absolute Gasteiger partial charge is 0.417 e. The molecule has 0 bridgehead atoms. The maximum absolute atomic E-state index is 12.7. The Bertz CT molecular complexity index is 1050. The first kappa shape index (κ1) is 23.5. The molecule has 0 unspecified atom stereocenters. The van der Waals surface area contributed by atoms with Gasteiger partial charge in [-0.25, -0.2) is 4.98 Å². The normalized spacial score (nSPS) is 17.9. The number of halogens is 4. The number of amides is 1. The second kappa shape index (κ2) is 9.68. The van der Waals surface area contributed by atoms with E-state index in [1.54, 1.807) is 0 Å². The lowest BCUT2D eigenvalue weighted by molar-refractivity contribution is -0.138. The van der Waals surface area contributed by atoms with Crippen molar-refractivity contribution in [3.8, 4) is 5.82 Å². The molecule has 8 nitrogen and oxygen atoms in total. The number of likely N-dealkylation sites (tertiary alicyclic amines) is 1. The van der Waals surface area contributed by atoms with Crippen molar-refractivity contribution in [1.82, 2.24) is 24.6 Å². The molecule has 2 aromatic rings. The Hall–Kier alpha value is -2.66. The van der Waals surface area contributed by atoms with Crippen LogP contribution in [0.5, 0.6) is 0 Å². The Labute approximate surface area is 193 Å². The van der Waals surface area contributed by atoms with Crippen molar-refractivity contribution < 1.29 is 18.0 Å². The molecule has 2 saturated heterocycles. The molecule has 2 fully saturated rings. The van der Waals surface area contributed by atoms with E-state index in [4.69, 9.17) is 11.6 Å². The first-order valence-corrected chi connectivity index (χ1v) is 11.2. The number of rotatable bonds is 4. The molecular formula is C21H24ClF3N6O2. The van der Waals surface area contributed by atoms with Crippen molar-refractivity contribution in [3.63, 3.8) is 0 Å². The summed E-state index contributed by atoms with van der Waals surface area (Å²) >= 11 is 6.31. The van der Waals surface area contributed by atoms with E-state index in [0.29, 0.717) is 44.6 Å². The molecular weight excluding hydrogens is 461 g/mol. The predicted molar refractivity (Wildman–Crippen MR) is 117 cm³/mol. The molecule has 0 radical (unpaired) electrons. The number of nitrogens with zero attached hydrogens (tertiary/aromatic N) is 6. The van der Waals surface area contributed by atoms with E-state index in [0.717, 1.165) is 42.7 Å². The van der Waals surface area contributed by atoms with Crippen LogP contribution in [0.25, 0.3) is 5.82 Å². The number of carbonyl (C=O) groups excluding carboxylic acids is 1. The average molecular weight is 485 g/mol. The summed E-state index contributed by atoms with van der Waals surface area (Å²) in [6.45, 7) is 4.43. The summed E-state index contributed by atoms with van der Waals surface area (Å²) in [5.74, 6) is 0.0944. The van der Waals surface area contributed by atoms with E-state index >= 15 is 0 Å². The number of carbonyl (C=O) groups is 1. The molecule has 33 heavy (non-hydrogen) atoms. The van der Waals surface area contributed by atoms with E-state index in [1.807, 2.05) is 9.80 Å². The fraction of sp³-hybridized carbons (Fsp3) is 0.524. The number of aromatic nitrogens is 3. The van der Waals surface area contributed by atoms with Gasteiger partial charge in [0.15, 0.2) is 5.82 Å². The van der Waals surface area contributed by atoms with Gasteiger partial charge in [-0.1, -0.05) is 11.6 Å². The Morgan fingerprint density at radius 1 is 1.00 bits per heavy atom. The highest BCUT2D eigenvalue weighted by Crippen LogP contribution is 2.29. The number of hydrogen-bond donors (Lipinski definition) is 0. The zero-order valence-electron chi connectivity index (χ0n) is 17.9. The lowest BCUT2D eigenvalue weighted by Gasteiger charge is -2.37. The van der Waals surface area contributed by atoms with Gasteiger partial charge in [-0.05, 0) is 31.4 Å². The number of piperidine rings is 1. The maximum atomic E-state index is 12.7. The third-order valence-electron chi connectivity index (χ3n) is 5.97. The first-order valence-electron chi connectivity index (χ1n) is 10.8. The van der Waals surface area contributed by atoms with E-state index < -0.39 is 17.3 Å². The smallest absolute Gasteiger partial charge is 0.366 e. The van der Waals surface area contributed by atoms with Crippen LogP contribution in [0.4, 0.5) is 18.9 Å². The van der Waals surface area contributed by atoms with E-state index in [1.165, 1.54) is 12.6 Å². The quantitative estimate of drug-likeness (QED) is 0.663.